The van der Waals surface area contributed by atoms with Crippen LogP contribution < -0.4 is 15.4 Å². The number of ether oxygens (including phenoxy) is 1. The van der Waals surface area contributed by atoms with Gasteiger partial charge >= 0.3 is 6.18 Å². The van der Waals surface area contributed by atoms with Crippen molar-refractivity contribution < 1.29 is 17.9 Å². The van der Waals surface area contributed by atoms with E-state index < -0.39 is 11.7 Å². The van der Waals surface area contributed by atoms with Gasteiger partial charge in [0.05, 0.1) is 28.7 Å². The SMILES string of the molecule is Cn1cc(-c2ncnc3c2COc2c(cc(C4CN(C5CCNCC5)C4)cc2C(F)(F)F)N3)cn1. The zero-order valence-corrected chi connectivity index (χ0v) is 19.3. The second kappa shape index (κ2) is 8.49. The van der Waals surface area contributed by atoms with Crippen LogP contribution in [0.4, 0.5) is 24.7 Å². The number of rotatable bonds is 3. The minimum atomic E-state index is -4.55. The number of hydrogen-bond donors (Lipinski definition) is 2. The summed E-state index contributed by atoms with van der Waals surface area (Å²) in [5.41, 5.74) is 2.10. The molecule has 0 saturated carbocycles. The maximum atomic E-state index is 14.2. The van der Waals surface area contributed by atoms with Crippen molar-refractivity contribution in [2.45, 2.75) is 37.6 Å². The summed E-state index contributed by atoms with van der Waals surface area (Å²) in [6.07, 6.45) is 2.46. The standard InChI is InChI=1S/C24H26F3N7O/c1-33-9-15(8-31-33)21-18-12-35-22-19(24(25,26)27)6-14(7-20(22)32-23(18)30-13-29-21)16-10-34(11-16)17-2-4-28-5-3-17/h6-9,13,16-17,28H,2-5,10-12H2,1H3,(H,29,30,32). The highest BCUT2D eigenvalue weighted by Gasteiger charge is 2.40. The Kier molecular flexibility index (Phi) is 5.41. The third-order valence-corrected chi connectivity index (χ3v) is 7.16. The fourth-order valence-corrected chi connectivity index (χ4v) is 5.26. The van der Waals surface area contributed by atoms with Crippen LogP contribution in [-0.2, 0) is 19.8 Å². The van der Waals surface area contributed by atoms with Gasteiger partial charge in [0.25, 0.3) is 0 Å². The molecule has 35 heavy (non-hydrogen) atoms. The predicted octanol–water partition coefficient (Wildman–Crippen LogP) is 3.68. The van der Waals surface area contributed by atoms with E-state index in [0.29, 0.717) is 28.7 Å². The Hall–Kier alpha value is -3.18. The van der Waals surface area contributed by atoms with Crippen molar-refractivity contribution in [2.75, 3.05) is 31.5 Å². The van der Waals surface area contributed by atoms with Gasteiger partial charge in [-0.3, -0.25) is 9.58 Å². The number of aromatic nitrogens is 4. The molecular weight excluding hydrogens is 459 g/mol. The van der Waals surface area contributed by atoms with Crippen LogP contribution in [0.5, 0.6) is 5.75 Å². The lowest BCUT2D eigenvalue weighted by Gasteiger charge is -2.46. The molecule has 2 aromatic heterocycles. The Morgan fingerprint density at radius 3 is 2.63 bits per heavy atom. The van der Waals surface area contributed by atoms with Crippen LogP contribution in [-0.4, -0.2) is 56.9 Å². The van der Waals surface area contributed by atoms with Gasteiger partial charge in [0.2, 0.25) is 0 Å². The quantitative estimate of drug-likeness (QED) is 0.586. The molecule has 0 aliphatic carbocycles. The molecule has 0 spiro atoms. The normalized spacial score (nSPS) is 19.2. The summed E-state index contributed by atoms with van der Waals surface area (Å²) in [4.78, 5) is 11.1. The molecule has 6 rings (SSSR count). The smallest absolute Gasteiger partial charge is 0.420 e. The fraction of sp³-hybridized carbons (Fsp3) is 0.458. The van der Waals surface area contributed by atoms with Gasteiger partial charge in [0.1, 0.15) is 18.8 Å². The maximum Gasteiger partial charge on any atom is 0.420 e. The average molecular weight is 486 g/mol. The summed E-state index contributed by atoms with van der Waals surface area (Å²) >= 11 is 0. The van der Waals surface area contributed by atoms with E-state index in [2.05, 4.69) is 30.6 Å². The summed E-state index contributed by atoms with van der Waals surface area (Å²) in [5, 5.41) is 10.7. The van der Waals surface area contributed by atoms with Crippen molar-refractivity contribution >= 4 is 11.5 Å². The van der Waals surface area contributed by atoms with E-state index in [1.54, 1.807) is 30.2 Å². The number of alkyl halides is 3. The molecule has 11 heteroatoms. The van der Waals surface area contributed by atoms with E-state index in [1.807, 2.05) is 0 Å². The van der Waals surface area contributed by atoms with Crippen molar-refractivity contribution in [1.29, 1.82) is 0 Å². The fourth-order valence-electron chi connectivity index (χ4n) is 5.26. The molecule has 0 bridgehead atoms. The van der Waals surface area contributed by atoms with Crippen molar-refractivity contribution in [3.8, 4) is 17.0 Å². The topological polar surface area (TPSA) is 80.1 Å². The number of aryl methyl sites for hydroxylation is 1. The summed E-state index contributed by atoms with van der Waals surface area (Å²) in [5.74, 6) is 0.288. The van der Waals surface area contributed by atoms with Crippen LogP contribution in [0.2, 0.25) is 0 Å². The molecule has 1 aromatic carbocycles. The minimum absolute atomic E-state index is 0.0529. The van der Waals surface area contributed by atoms with Crippen LogP contribution >= 0.6 is 0 Å². The van der Waals surface area contributed by atoms with E-state index in [-0.39, 0.29) is 24.0 Å². The van der Waals surface area contributed by atoms with E-state index in [1.165, 1.54) is 12.4 Å². The molecule has 184 valence electrons. The van der Waals surface area contributed by atoms with Gasteiger partial charge in [-0.2, -0.15) is 18.3 Å². The lowest BCUT2D eigenvalue weighted by Crippen LogP contribution is -2.53. The molecule has 3 aliphatic rings. The van der Waals surface area contributed by atoms with Gasteiger partial charge in [0, 0.05) is 43.9 Å². The van der Waals surface area contributed by atoms with E-state index in [0.717, 1.165) is 44.6 Å². The Morgan fingerprint density at radius 1 is 1.11 bits per heavy atom. The monoisotopic (exact) mass is 485 g/mol. The van der Waals surface area contributed by atoms with Crippen molar-refractivity contribution in [1.82, 2.24) is 30.0 Å². The maximum absolute atomic E-state index is 14.2. The summed E-state index contributed by atoms with van der Waals surface area (Å²) in [6, 6.07) is 3.55. The zero-order chi connectivity index (χ0) is 24.2. The van der Waals surface area contributed by atoms with E-state index >= 15 is 0 Å². The third kappa shape index (κ3) is 4.12. The lowest BCUT2D eigenvalue weighted by molar-refractivity contribution is -0.139. The summed E-state index contributed by atoms with van der Waals surface area (Å²) in [7, 11) is 1.79. The molecule has 5 heterocycles. The van der Waals surface area contributed by atoms with Gasteiger partial charge in [-0.05, 0) is 43.6 Å². The highest BCUT2D eigenvalue weighted by atomic mass is 19.4. The zero-order valence-electron chi connectivity index (χ0n) is 19.3. The molecule has 0 atom stereocenters. The molecule has 0 unspecified atom stereocenters. The Bertz CT molecular complexity index is 1250. The number of piperidine rings is 1. The van der Waals surface area contributed by atoms with Gasteiger partial charge in [-0.15, -0.1) is 0 Å². The van der Waals surface area contributed by atoms with Crippen LogP contribution in [0.3, 0.4) is 0 Å². The molecular formula is C24H26F3N7O. The number of hydrogen-bond acceptors (Lipinski definition) is 7. The first-order valence-electron chi connectivity index (χ1n) is 11.8. The summed E-state index contributed by atoms with van der Waals surface area (Å²) in [6.45, 7) is 3.44. The number of likely N-dealkylation sites (tertiary alicyclic amines) is 1. The first-order valence-corrected chi connectivity index (χ1v) is 11.8. The second-order valence-electron chi connectivity index (χ2n) is 9.44. The molecule has 2 fully saturated rings. The minimum Gasteiger partial charge on any atom is -0.486 e. The highest BCUT2D eigenvalue weighted by Crippen LogP contribution is 2.47. The van der Waals surface area contributed by atoms with Crippen molar-refractivity contribution in [3.63, 3.8) is 0 Å². The molecule has 8 nitrogen and oxygen atoms in total. The Morgan fingerprint density at radius 2 is 1.91 bits per heavy atom. The molecule has 0 amide bonds. The lowest BCUT2D eigenvalue weighted by atomic mass is 9.86. The van der Waals surface area contributed by atoms with Gasteiger partial charge in [-0.25, -0.2) is 9.97 Å². The first kappa shape index (κ1) is 22.3. The molecule has 2 N–H and O–H groups in total. The number of nitrogens with one attached hydrogen (secondary N) is 2. The second-order valence-corrected chi connectivity index (χ2v) is 9.44. The number of benzene rings is 1. The highest BCUT2D eigenvalue weighted by molar-refractivity contribution is 5.75. The number of anilines is 2. The molecule has 0 radical (unpaired) electrons. The Balaban J connectivity index is 1.33. The van der Waals surface area contributed by atoms with Crippen LogP contribution in [0.1, 0.15) is 35.4 Å². The largest absolute Gasteiger partial charge is 0.486 e. The number of halogens is 3. The average Bonchev–Trinajstić information content (AvgIpc) is 3.14. The van der Waals surface area contributed by atoms with Crippen LogP contribution in [0.15, 0.2) is 30.9 Å². The predicted molar refractivity (Wildman–Crippen MR) is 123 cm³/mol. The van der Waals surface area contributed by atoms with Crippen LogP contribution in [0.25, 0.3) is 11.3 Å². The van der Waals surface area contributed by atoms with Gasteiger partial charge < -0.3 is 15.4 Å². The molecule has 2 saturated heterocycles. The first-order chi connectivity index (χ1) is 16.9. The van der Waals surface area contributed by atoms with Gasteiger partial charge in [0.15, 0.2) is 5.75 Å². The number of nitrogens with zero attached hydrogens (tertiary/aromatic N) is 5. The van der Waals surface area contributed by atoms with Crippen molar-refractivity contribution in [2.24, 2.45) is 7.05 Å². The van der Waals surface area contributed by atoms with Gasteiger partial charge in [-0.1, -0.05) is 0 Å². The third-order valence-electron chi connectivity index (χ3n) is 7.16. The Labute approximate surface area is 200 Å². The van der Waals surface area contributed by atoms with Crippen LogP contribution in [0, 0.1) is 0 Å². The van der Waals surface area contributed by atoms with E-state index in [4.69, 9.17) is 4.74 Å². The van der Waals surface area contributed by atoms with Crippen molar-refractivity contribution in [3.05, 3.63) is 47.5 Å². The molecule has 3 aromatic rings. The summed E-state index contributed by atoms with van der Waals surface area (Å²) < 4.78 is 49.9. The molecule has 3 aliphatic heterocycles. The van der Waals surface area contributed by atoms with E-state index in [9.17, 15) is 13.2 Å². The number of fused-ring (bicyclic) bond motifs is 2.